The minimum atomic E-state index is -0.515. The van der Waals surface area contributed by atoms with Crippen LogP contribution < -0.4 is 4.74 Å². The Morgan fingerprint density at radius 1 is 0.667 bits per heavy atom. The molecule has 0 amide bonds. The Hall–Kier alpha value is -4.09. The maximum atomic E-state index is 12.1. The van der Waals surface area contributed by atoms with E-state index < -0.39 is 5.41 Å². The third kappa shape index (κ3) is 4.73. The molecule has 0 saturated heterocycles. The molecule has 0 aliphatic heterocycles. The van der Waals surface area contributed by atoms with E-state index in [-0.39, 0.29) is 5.97 Å². The van der Waals surface area contributed by atoms with Crippen molar-refractivity contribution in [2.24, 2.45) is 0 Å². The van der Waals surface area contributed by atoms with Crippen LogP contribution in [0.15, 0.2) is 115 Å². The molecule has 33 heavy (non-hydrogen) atoms. The van der Waals surface area contributed by atoms with E-state index in [4.69, 9.17) is 11.2 Å². The van der Waals surface area contributed by atoms with E-state index in [1.54, 1.807) is 0 Å². The molecule has 2 nitrogen and oxygen atoms in total. The lowest BCUT2D eigenvalue weighted by atomic mass is 9.65. The first-order valence-corrected chi connectivity index (χ1v) is 11.2. The standard InChI is InChI=1S/C31H26O2/c1-2-3-7-20-30(32)33-29-23-21-28(22-24-29)31(25-14-8-4-9-15-25,26-16-10-5-11-17-26)27-18-12-6-13-19-27/h1,4-6,8-19,21-24H,3,7,20H2. The normalized spacial score (nSPS) is 10.9. The van der Waals surface area contributed by atoms with Gasteiger partial charge in [0.25, 0.3) is 0 Å². The summed E-state index contributed by atoms with van der Waals surface area (Å²) < 4.78 is 5.54. The lowest BCUT2D eigenvalue weighted by Crippen LogP contribution is -2.30. The van der Waals surface area contributed by atoms with Gasteiger partial charge < -0.3 is 4.74 Å². The predicted octanol–water partition coefficient (Wildman–Crippen LogP) is 6.78. The number of hydrogen-bond acceptors (Lipinski definition) is 2. The van der Waals surface area contributed by atoms with Crippen molar-refractivity contribution in [1.29, 1.82) is 0 Å². The summed E-state index contributed by atoms with van der Waals surface area (Å²) in [5, 5.41) is 0. The Morgan fingerprint density at radius 3 is 1.52 bits per heavy atom. The second-order valence-corrected chi connectivity index (χ2v) is 7.90. The first-order valence-electron chi connectivity index (χ1n) is 11.2. The average Bonchev–Trinajstić information content (AvgIpc) is 2.88. The average molecular weight is 431 g/mol. The van der Waals surface area contributed by atoms with Gasteiger partial charge in [0.05, 0.1) is 5.41 Å². The lowest BCUT2D eigenvalue weighted by Gasteiger charge is -2.36. The number of carbonyl (C=O) groups is 1. The predicted molar refractivity (Wildman–Crippen MR) is 133 cm³/mol. The van der Waals surface area contributed by atoms with Crippen LogP contribution in [-0.4, -0.2) is 5.97 Å². The molecule has 0 spiro atoms. The van der Waals surface area contributed by atoms with Gasteiger partial charge in [-0.15, -0.1) is 12.3 Å². The van der Waals surface area contributed by atoms with Crippen LogP contribution in [0, 0.1) is 12.3 Å². The monoisotopic (exact) mass is 430 g/mol. The van der Waals surface area contributed by atoms with E-state index >= 15 is 0 Å². The summed E-state index contributed by atoms with van der Waals surface area (Å²) in [4.78, 5) is 12.1. The highest BCUT2D eigenvalue weighted by Crippen LogP contribution is 2.45. The van der Waals surface area contributed by atoms with E-state index in [9.17, 15) is 4.79 Å². The van der Waals surface area contributed by atoms with Crippen molar-refractivity contribution in [2.75, 3.05) is 0 Å². The maximum absolute atomic E-state index is 12.1. The van der Waals surface area contributed by atoms with Crippen LogP contribution in [0.3, 0.4) is 0 Å². The van der Waals surface area contributed by atoms with Crippen molar-refractivity contribution in [2.45, 2.75) is 24.7 Å². The van der Waals surface area contributed by atoms with Crippen molar-refractivity contribution < 1.29 is 9.53 Å². The second kappa shape index (κ2) is 10.5. The summed E-state index contributed by atoms with van der Waals surface area (Å²) in [6.45, 7) is 0. The molecular formula is C31H26O2. The molecular weight excluding hydrogens is 404 g/mol. The molecule has 162 valence electrons. The zero-order valence-electron chi connectivity index (χ0n) is 18.5. The quantitative estimate of drug-likeness (QED) is 0.101. The molecule has 4 aromatic rings. The number of hydrogen-bond donors (Lipinski definition) is 0. The first kappa shape index (κ1) is 22.1. The highest BCUT2D eigenvalue weighted by Gasteiger charge is 2.38. The molecule has 0 unspecified atom stereocenters. The van der Waals surface area contributed by atoms with Crippen molar-refractivity contribution in [3.8, 4) is 18.1 Å². The minimum absolute atomic E-state index is 0.265. The molecule has 2 heteroatoms. The minimum Gasteiger partial charge on any atom is -0.427 e. The van der Waals surface area contributed by atoms with Crippen LogP contribution >= 0.6 is 0 Å². The van der Waals surface area contributed by atoms with Crippen LogP contribution in [0.4, 0.5) is 0 Å². The molecule has 0 N–H and O–H groups in total. The fourth-order valence-corrected chi connectivity index (χ4v) is 4.35. The van der Waals surface area contributed by atoms with Crippen LogP contribution in [0.5, 0.6) is 5.75 Å². The number of benzene rings is 4. The zero-order chi connectivity index (χ0) is 22.9. The van der Waals surface area contributed by atoms with Gasteiger partial charge in [0.1, 0.15) is 5.75 Å². The molecule has 0 radical (unpaired) electrons. The molecule has 0 atom stereocenters. The van der Waals surface area contributed by atoms with E-state index in [0.717, 1.165) is 5.56 Å². The Labute approximate surface area is 195 Å². The number of ether oxygens (including phenoxy) is 1. The van der Waals surface area contributed by atoms with E-state index in [2.05, 4.69) is 90.8 Å². The SMILES string of the molecule is C#CCCCC(=O)Oc1ccc(C(c2ccccc2)(c2ccccc2)c2ccccc2)cc1. The Kier molecular flexibility index (Phi) is 7.03. The summed E-state index contributed by atoms with van der Waals surface area (Å²) in [7, 11) is 0. The topological polar surface area (TPSA) is 26.3 Å². The van der Waals surface area contributed by atoms with Gasteiger partial charge in [0.2, 0.25) is 0 Å². The Morgan fingerprint density at radius 2 is 1.09 bits per heavy atom. The van der Waals surface area contributed by atoms with Crippen molar-refractivity contribution in [1.82, 2.24) is 0 Å². The summed E-state index contributed by atoms with van der Waals surface area (Å²) >= 11 is 0. The van der Waals surface area contributed by atoms with Gasteiger partial charge in [0, 0.05) is 12.8 Å². The Bertz CT molecular complexity index is 1110. The van der Waals surface area contributed by atoms with Crippen LogP contribution in [-0.2, 0) is 10.2 Å². The summed E-state index contributed by atoms with van der Waals surface area (Å²) in [5.41, 5.74) is 4.08. The van der Waals surface area contributed by atoms with Gasteiger partial charge in [-0.2, -0.15) is 0 Å². The third-order valence-corrected chi connectivity index (χ3v) is 5.84. The van der Waals surface area contributed by atoms with Gasteiger partial charge in [0.15, 0.2) is 0 Å². The third-order valence-electron chi connectivity index (χ3n) is 5.84. The molecule has 4 rings (SSSR count). The van der Waals surface area contributed by atoms with Crippen molar-refractivity contribution in [3.05, 3.63) is 138 Å². The fourth-order valence-electron chi connectivity index (χ4n) is 4.35. The molecule has 0 bridgehead atoms. The largest absolute Gasteiger partial charge is 0.427 e. The van der Waals surface area contributed by atoms with Gasteiger partial charge in [-0.1, -0.05) is 103 Å². The maximum Gasteiger partial charge on any atom is 0.311 e. The molecule has 0 aliphatic rings. The lowest BCUT2D eigenvalue weighted by molar-refractivity contribution is -0.134. The summed E-state index contributed by atoms with van der Waals surface area (Å²) in [6, 6.07) is 39.4. The van der Waals surface area contributed by atoms with Gasteiger partial charge in [-0.25, -0.2) is 0 Å². The fraction of sp³-hybridized carbons (Fsp3) is 0.129. The second-order valence-electron chi connectivity index (χ2n) is 7.90. The van der Waals surface area contributed by atoms with Crippen molar-refractivity contribution >= 4 is 5.97 Å². The van der Waals surface area contributed by atoms with E-state index in [1.807, 2.05) is 30.3 Å². The van der Waals surface area contributed by atoms with Gasteiger partial charge in [-0.3, -0.25) is 4.79 Å². The van der Waals surface area contributed by atoms with Gasteiger partial charge in [-0.05, 0) is 40.8 Å². The molecule has 0 fully saturated rings. The number of carbonyl (C=O) groups excluding carboxylic acids is 1. The zero-order valence-corrected chi connectivity index (χ0v) is 18.5. The van der Waals surface area contributed by atoms with E-state index in [1.165, 1.54) is 16.7 Å². The number of unbranched alkanes of at least 4 members (excludes halogenated alkanes) is 1. The summed E-state index contributed by atoms with van der Waals surface area (Å²) in [6.07, 6.45) is 6.78. The first-order chi connectivity index (χ1) is 16.2. The Balaban J connectivity index is 1.81. The molecule has 0 aromatic heterocycles. The molecule has 4 aromatic carbocycles. The smallest absolute Gasteiger partial charge is 0.311 e. The molecule has 0 heterocycles. The van der Waals surface area contributed by atoms with E-state index in [0.29, 0.717) is 25.0 Å². The van der Waals surface area contributed by atoms with Crippen LogP contribution in [0.25, 0.3) is 0 Å². The van der Waals surface area contributed by atoms with Gasteiger partial charge >= 0.3 is 5.97 Å². The van der Waals surface area contributed by atoms with Crippen LogP contribution in [0.2, 0.25) is 0 Å². The van der Waals surface area contributed by atoms with Crippen LogP contribution in [0.1, 0.15) is 41.5 Å². The number of rotatable bonds is 8. The van der Waals surface area contributed by atoms with Crippen molar-refractivity contribution in [3.63, 3.8) is 0 Å². The molecule has 0 aliphatic carbocycles. The molecule has 0 saturated carbocycles. The number of terminal acetylenes is 1. The highest BCUT2D eigenvalue weighted by molar-refractivity contribution is 5.72. The number of esters is 1. The summed E-state index contributed by atoms with van der Waals surface area (Å²) in [5.74, 6) is 2.82. The highest BCUT2D eigenvalue weighted by atomic mass is 16.5.